The summed E-state index contributed by atoms with van der Waals surface area (Å²) in [7, 11) is 0. The highest BCUT2D eigenvalue weighted by molar-refractivity contribution is 5.66. The minimum absolute atomic E-state index is 0.0681. The lowest BCUT2D eigenvalue weighted by Gasteiger charge is -2.56. The second-order valence-corrected chi connectivity index (χ2v) is 6.74. The van der Waals surface area contributed by atoms with Crippen LogP contribution in [0.25, 0.3) is 0 Å². The van der Waals surface area contributed by atoms with Gasteiger partial charge in [-0.25, -0.2) is 4.79 Å². The van der Waals surface area contributed by atoms with Crippen LogP contribution in [0.2, 0.25) is 0 Å². The largest absolute Gasteiger partial charge is 0.465 e. The number of rotatable bonds is 4. The molecule has 2 bridgehead atoms. The normalized spacial score (nSPS) is 31.1. The molecule has 0 atom stereocenters. The summed E-state index contributed by atoms with van der Waals surface area (Å²) in [6.45, 7) is 0.705. The molecule has 0 unspecified atom stereocenters. The van der Waals surface area contributed by atoms with Gasteiger partial charge in [0.15, 0.2) is 0 Å². The Bertz CT molecular complexity index is 489. The van der Waals surface area contributed by atoms with Crippen molar-refractivity contribution >= 4 is 6.09 Å². The maximum absolute atomic E-state index is 11.8. The van der Waals surface area contributed by atoms with Crippen molar-refractivity contribution < 1.29 is 15.0 Å². The van der Waals surface area contributed by atoms with Crippen LogP contribution in [-0.4, -0.2) is 33.4 Å². The van der Waals surface area contributed by atoms with E-state index < -0.39 is 6.09 Å². The molecule has 4 heteroatoms. The van der Waals surface area contributed by atoms with Crippen LogP contribution >= 0.6 is 0 Å². The average molecular weight is 289 g/mol. The highest BCUT2D eigenvalue weighted by Crippen LogP contribution is 2.54. The highest BCUT2D eigenvalue weighted by atomic mass is 16.4. The van der Waals surface area contributed by atoms with Crippen LogP contribution in [0.5, 0.6) is 0 Å². The van der Waals surface area contributed by atoms with E-state index >= 15 is 0 Å². The van der Waals surface area contributed by atoms with E-state index in [1.807, 2.05) is 30.3 Å². The Morgan fingerprint density at radius 3 is 2.10 bits per heavy atom. The zero-order chi connectivity index (χ0) is 14.9. The number of aliphatic hydroxyl groups excluding tert-OH is 1. The quantitative estimate of drug-likeness (QED) is 0.894. The maximum atomic E-state index is 11.8. The van der Waals surface area contributed by atoms with Gasteiger partial charge in [0.25, 0.3) is 0 Å². The van der Waals surface area contributed by atoms with Crippen molar-refractivity contribution in [2.45, 2.75) is 50.6 Å². The van der Waals surface area contributed by atoms with E-state index in [-0.39, 0.29) is 17.6 Å². The summed E-state index contributed by atoms with van der Waals surface area (Å²) in [6.07, 6.45) is 4.66. The number of aliphatic hydroxyl groups is 1. The molecule has 114 valence electrons. The van der Waals surface area contributed by atoms with Crippen LogP contribution in [0, 0.1) is 5.41 Å². The second kappa shape index (κ2) is 5.34. The zero-order valence-electron chi connectivity index (χ0n) is 12.3. The first-order valence-corrected chi connectivity index (χ1v) is 7.75. The van der Waals surface area contributed by atoms with Crippen LogP contribution in [0.1, 0.15) is 44.1 Å². The maximum Gasteiger partial charge on any atom is 0.408 e. The molecule has 3 aliphatic rings. The Morgan fingerprint density at radius 2 is 1.62 bits per heavy atom. The first kappa shape index (κ1) is 14.4. The molecule has 1 amide bonds. The molecule has 3 aliphatic carbocycles. The van der Waals surface area contributed by atoms with Crippen molar-refractivity contribution in [1.29, 1.82) is 0 Å². The van der Waals surface area contributed by atoms with Crippen LogP contribution < -0.4 is 0 Å². The van der Waals surface area contributed by atoms with Gasteiger partial charge in [0.2, 0.25) is 0 Å². The SMILES string of the molecule is O=C(O)N(Cc1ccccc1)C12CCC(CO)(CC1)CC2. The molecule has 0 spiro atoms. The molecule has 0 aromatic heterocycles. The fourth-order valence-electron chi connectivity index (χ4n) is 4.09. The summed E-state index contributed by atoms with van der Waals surface area (Å²) in [6, 6.07) is 9.81. The van der Waals surface area contributed by atoms with Gasteiger partial charge >= 0.3 is 6.09 Å². The van der Waals surface area contributed by atoms with Crippen LogP contribution in [0.4, 0.5) is 4.79 Å². The van der Waals surface area contributed by atoms with Crippen LogP contribution in [0.3, 0.4) is 0 Å². The molecule has 0 saturated heterocycles. The first-order chi connectivity index (χ1) is 10.1. The van der Waals surface area contributed by atoms with Crippen molar-refractivity contribution in [2.75, 3.05) is 6.61 Å². The number of carboxylic acid groups (broad SMARTS) is 1. The number of hydrogen-bond acceptors (Lipinski definition) is 2. The van der Waals surface area contributed by atoms with Gasteiger partial charge in [0, 0.05) is 18.7 Å². The van der Waals surface area contributed by atoms with Crippen molar-refractivity contribution in [3.05, 3.63) is 35.9 Å². The summed E-state index contributed by atoms with van der Waals surface area (Å²) in [5, 5.41) is 19.3. The summed E-state index contributed by atoms with van der Waals surface area (Å²) in [5.41, 5.74) is 0.885. The molecule has 4 nitrogen and oxygen atoms in total. The summed E-state index contributed by atoms with van der Waals surface area (Å²) in [5.74, 6) is 0. The minimum atomic E-state index is -0.822. The zero-order valence-corrected chi connectivity index (χ0v) is 12.3. The molecule has 1 aromatic carbocycles. The lowest BCUT2D eigenvalue weighted by Crippen LogP contribution is -2.58. The third kappa shape index (κ3) is 2.53. The van der Waals surface area contributed by atoms with Crippen molar-refractivity contribution in [3.8, 4) is 0 Å². The van der Waals surface area contributed by atoms with Gasteiger partial charge < -0.3 is 10.2 Å². The molecule has 0 aliphatic heterocycles. The average Bonchev–Trinajstić information content (AvgIpc) is 2.55. The lowest BCUT2D eigenvalue weighted by molar-refractivity contribution is -0.0676. The Hall–Kier alpha value is -1.55. The number of fused-ring (bicyclic) bond motifs is 3. The van der Waals surface area contributed by atoms with Gasteiger partial charge in [-0.05, 0) is 49.5 Å². The molecule has 4 rings (SSSR count). The van der Waals surface area contributed by atoms with E-state index in [9.17, 15) is 15.0 Å². The van der Waals surface area contributed by atoms with Gasteiger partial charge in [0.05, 0.1) is 0 Å². The predicted octanol–water partition coefficient (Wildman–Crippen LogP) is 3.25. The van der Waals surface area contributed by atoms with E-state index in [1.165, 1.54) is 0 Å². The van der Waals surface area contributed by atoms with E-state index in [4.69, 9.17) is 0 Å². The molecule has 1 aromatic rings. The first-order valence-electron chi connectivity index (χ1n) is 7.75. The number of benzene rings is 1. The Labute approximate surface area is 125 Å². The summed E-state index contributed by atoms with van der Waals surface area (Å²) in [4.78, 5) is 13.5. The molecule has 3 saturated carbocycles. The van der Waals surface area contributed by atoms with Crippen LogP contribution in [0.15, 0.2) is 30.3 Å². The molecule has 0 heterocycles. The molecule has 0 radical (unpaired) electrons. The van der Waals surface area contributed by atoms with Gasteiger partial charge in [-0.15, -0.1) is 0 Å². The smallest absolute Gasteiger partial charge is 0.408 e. The minimum Gasteiger partial charge on any atom is -0.465 e. The third-order valence-electron chi connectivity index (χ3n) is 5.68. The molecular weight excluding hydrogens is 266 g/mol. The van der Waals surface area contributed by atoms with Crippen molar-refractivity contribution in [3.63, 3.8) is 0 Å². The monoisotopic (exact) mass is 289 g/mol. The van der Waals surface area contributed by atoms with Crippen LogP contribution in [-0.2, 0) is 6.54 Å². The number of amides is 1. The summed E-state index contributed by atoms with van der Waals surface area (Å²) >= 11 is 0. The van der Waals surface area contributed by atoms with E-state index in [1.54, 1.807) is 4.90 Å². The molecule has 21 heavy (non-hydrogen) atoms. The van der Waals surface area contributed by atoms with E-state index in [0.29, 0.717) is 6.54 Å². The van der Waals surface area contributed by atoms with E-state index in [0.717, 1.165) is 44.1 Å². The summed E-state index contributed by atoms with van der Waals surface area (Å²) < 4.78 is 0. The molecule has 3 fully saturated rings. The standard InChI is InChI=1S/C17H23NO3/c19-13-16-6-9-17(10-7-16,11-8-16)18(15(20)21)12-14-4-2-1-3-5-14/h1-5,19H,6-13H2,(H,20,21). The van der Waals surface area contributed by atoms with Gasteiger partial charge in [-0.3, -0.25) is 4.90 Å². The number of nitrogens with zero attached hydrogens (tertiary/aromatic N) is 1. The topological polar surface area (TPSA) is 60.8 Å². The predicted molar refractivity (Wildman–Crippen MR) is 80.0 cm³/mol. The number of hydrogen-bond donors (Lipinski definition) is 2. The Kier molecular flexibility index (Phi) is 3.66. The highest BCUT2D eigenvalue weighted by Gasteiger charge is 2.52. The fourth-order valence-corrected chi connectivity index (χ4v) is 4.09. The van der Waals surface area contributed by atoms with Gasteiger partial charge in [0.1, 0.15) is 0 Å². The van der Waals surface area contributed by atoms with Gasteiger partial charge in [-0.2, -0.15) is 0 Å². The lowest BCUT2D eigenvalue weighted by atomic mass is 9.57. The Balaban J connectivity index is 1.81. The second-order valence-electron chi connectivity index (χ2n) is 6.74. The van der Waals surface area contributed by atoms with Gasteiger partial charge in [-0.1, -0.05) is 30.3 Å². The molecule has 2 N–H and O–H groups in total. The van der Waals surface area contributed by atoms with Crippen molar-refractivity contribution in [1.82, 2.24) is 4.90 Å². The number of carbonyl (C=O) groups is 1. The molecular formula is C17H23NO3. The fraction of sp³-hybridized carbons (Fsp3) is 0.588. The Morgan fingerprint density at radius 1 is 1.05 bits per heavy atom. The third-order valence-corrected chi connectivity index (χ3v) is 5.68. The van der Waals surface area contributed by atoms with E-state index in [2.05, 4.69) is 0 Å². The van der Waals surface area contributed by atoms with Crippen molar-refractivity contribution in [2.24, 2.45) is 5.41 Å².